The Hall–Kier alpha value is -2.29. The van der Waals surface area contributed by atoms with Crippen LogP contribution in [0.5, 0.6) is 0 Å². The third-order valence-corrected chi connectivity index (χ3v) is 5.30. The highest BCUT2D eigenvalue weighted by Gasteiger charge is 2.24. The van der Waals surface area contributed by atoms with E-state index in [1.807, 2.05) is 13.0 Å². The molecule has 0 saturated carbocycles. The van der Waals surface area contributed by atoms with Gasteiger partial charge in [0.15, 0.2) is 0 Å². The van der Waals surface area contributed by atoms with Gasteiger partial charge in [0.2, 0.25) is 0 Å². The van der Waals surface area contributed by atoms with Crippen LogP contribution in [0.1, 0.15) is 46.0 Å². The molecule has 2 aromatic carbocycles. The summed E-state index contributed by atoms with van der Waals surface area (Å²) in [6.07, 6.45) is 2.07. The molecule has 0 aromatic heterocycles. The molecule has 1 heterocycles. The van der Waals surface area contributed by atoms with Crippen LogP contribution in [-0.4, -0.2) is 25.0 Å². The molecule has 1 aliphatic heterocycles. The number of hydrogen-bond acceptors (Lipinski definition) is 2. The van der Waals surface area contributed by atoms with Crippen LogP contribution in [0, 0.1) is 20.8 Å². The lowest BCUT2D eigenvalue weighted by atomic mass is 10.0. The van der Waals surface area contributed by atoms with Crippen molar-refractivity contribution in [3.63, 3.8) is 0 Å². The summed E-state index contributed by atoms with van der Waals surface area (Å²) < 4.78 is 0. The first-order valence-corrected chi connectivity index (χ1v) is 9.18. The topological polar surface area (TPSA) is 32.3 Å². The van der Waals surface area contributed by atoms with E-state index >= 15 is 0 Å². The van der Waals surface area contributed by atoms with Gasteiger partial charge in [-0.1, -0.05) is 24.3 Å². The minimum atomic E-state index is 0.0375. The Morgan fingerprint density at radius 3 is 2.64 bits per heavy atom. The van der Waals surface area contributed by atoms with Crippen molar-refractivity contribution in [2.45, 2.75) is 46.6 Å². The van der Waals surface area contributed by atoms with Gasteiger partial charge < -0.3 is 10.2 Å². The lowest BCUT2D eigenvalue weighted by Gasteiger charge is -2.25. The molecule has 3 nitrogen and oxygen atoms in total. The number of para-hydroxylation sites is 1. The maximum absolute atomic E-state index is 12.5. The molecule has 0 radical (unpaired) electrons. The number of carbonyl (C=O) groups is 1. The number of amides is 1. The van der Waals surface area contributed by atoms with E-state index in [0.29, 0.717) is 12.6 Å². The number of fused-ring (bicyclic) bond motifs is 1. The Balaban J connectivity index is 1.54. The average Bonchev–Trinajstić information content (AvgIpc) is 2.90. The Labute approximate surface area is 151 Å². The molecule has 1 amide bonds. The fraction of sp³-hybridized carbons (Fsp3) is 0.409. The summed E-state index contributed by atoms with van der Waals surface area (Å²) in [4.78, 5) is 14.9. The second-order valence-electron chi connectivity index (χ2n) is 7.24. The quantitative estimate of drug-likeness (QED) is 0.831. The number of anilines is 1. The number of hydrogen-bond donors (Lipinski definition) is 1. The van der Waals surface area contributed by atoms with E-state index in [0.717, 1.165) is 30.5 Å². The largest absolute Gasteiger partial charge is 0.368 e. The molecule has 3 rings (SSSR count). The molecule has 0 bridgehead atoms. The van der Waals surface area contributed by atoms with Crippen molar-refractivity contribution in [2.24, 2.45) is 0 Å². The molecular weight excluding hydrogens is 308 g/mol. The van der Waals surface area contributed by atoms with Crippen LogP contribution < -0.4 is 10.2 Å². The molecule has 0 spiro atoms. The summed E-state index contributed by atoms with van der Waals surface area (Å²) in [7, 11) is 0. The molecular formula is C22H28N2O. The van der Waals surface area contributed by atoms with Gasteiger partial charge in [0.25, 0.3) is 5.91 Å². The van der Waals surface area contributed by atoms with Gasteiger partial charge >= 0.3 is 0 Å². The first-order valence-electron chi connectivity index (χ1n) is 9.18. The lowest BCUT2D eigenvalue weighted by molar-refractivity contribution is 0.0952. The summed E-state index contributed by atoms with van der Waals surface area (Å²) in [5.74, 6) is 0.0375. The van der Waals surface area contributed by atoms with Crippen LogP contribution in [-0.2, 0) is 6.42 Å². The van der Waals surface area contributed by atoms with E-state index in [1.54, 1.807) is 0 Å². The molecule has 2 aromatic rings. The van der Waals surface area contributed by atoms with Crippen molar-refractivity contribution in [3.05, 3.63) is 64.2 Å². The number of nitrogens with one attached hydrogen (secondary N) is 1. The van der Waals surface area contributed by atoms with Crippen LogP contribution in [0.3, 0.4) is 0 Å². The van der Waals surface area contributed by atoms with Crippen molar-refractivity contribution >= 4 is 11.6 Å². The lowest BCUT2D eigenvalue weighted by Crippen LogP contribution is -2.33. The highest BCUT2D eigenvalue weighted by molar-refractivity contribution is 5.95. The van der Waals surface area contributed by atoms with E-state index < -0.39 is 0 Å². The maximum Gasteiger partial charge on any atom is 0.251 e. The summed E-state index contributed by atoms with van der Waals surface area (Å²) >= 11 is 0. The van der Waals surface area contributed by atoms with Gasteiger partial charge in [-0.15, -0.1) is 0 Å². The van der Waals surface area contributed by atoms with Crippen LogP contribution in [0.15, 0.2) is 36.4 Å². The SMILES string of the molecule is Cc1cc(C)c(C(=O)NCCCN2c3ccccc3CC2C)cc1C. The molecule has 25 heavy (non-hydrogen) atoms. The molecule has 1 N–H and O–H groups in total. The fourth-order valence-corrected chi connectivity index (χ4v) is 3.72. The van der Waals surface area contributed by atoms with E-state index in [-0.39, 0.29) is 5.91 Å². The minimum absolute atomic E-state index is 0.0375. The molecule has 0 aliphatic carbocycles. The third kappa shape index (κ3) is 3.71. The van der Waals surface area contributed by atoms with Gasteiger partial charge in [0, 0.05) is 30.4 Å². The number of nitrogens with zero attached hydrogens (tertiary/aromatic N) is 1. The molecule has 0 saturated heterocycles. The van der Waals surface area contributed by atoms with Gasteiger partial charge in [0.05, 0.1) is 0 Å². The smallest absolute Gasteiger partial charge is 0.251 e. The van der Waals surface area contributed by atoms with Crippen molar-refractivity contribution < 1.29 is 4.79 Å². The second kappa shape index (κ2) is 7.30. The van der Waals surface area contributed by atoms with E-state index in [4.69, 9.17) is 0 Å². The predicted molar refractivity (Wildman–Crippen MR) is 105 cm³/mol. The molecule has 1 aliphatic rings. The number of rotatable bonds is 5. The average molecular weight is 336 g/mol. The van der Waals surface area contributed by atoms with Crippen LogP contribution >= 0.6 is 0 Å². The summed E-state index contributed by atoms with van der Waals surface area (Å²) in [6.45, 7) is 10.1. The molecule has 132 valence electrons. The van der Waals surface area contributed by atoms with Crippen molar-refractivity contribution in [1.29, 1.82) is 0 Å². The maximum atomic E-state index is 12.5. The van der Waals surface area contributed by atoms with Crippen molar-refractivity contribution in [1.82, 2.24) is 5.32 Å². The van der Waals surface area contributed by atoms with Crippen LogP contribution in [0.25, 0.3) is 0 Å². The predicted octanol–water partition coefficient (Wildman–Crippen LogP) is 4.18. The van der Waals surface area contributed by atoms with E-state index in [1.165, 1.54) is 22.4 Å². The van der Waals surface area contributed by atoms with Crippen LogP contribution in [0.2, 0.25) is 0 Å². The van der Waals surface area contributed by atoms with Crippen LogP contribution in [0.4, 0.5) is 5.69 Å². The molecule has 3 heteroatoms. The monoisotopic (exact) mass is 336 g/mol. The normalized spacial score (nSPS) is 16.0. The fourth-order valence-electron chi connectivity index (χ4n) is 3.72. The Bertz CT molecular complexity index is 782. The van der Waals surface area contributed by atoms with E-state index in [2.05, 4.69) is 61.3 Å². The first-order chi connectivity index (χ1) is 12.0. The number of aryl methyl sites for hydroxylation is 3. The Morgan fingerprint density at radius 1 is 1.12 bits per heavy atom. The molecule has 1 atom stereocenters. The highest BCUT2D eigenvalue weighted by Crippen LogP contribution is 2.31. The van der Waals surface area contributed by atoms with Crippen molar-refractivity contribution in [3.8, 4) is 0 Å². The summed E-state index contributed by atoms with van der Waals surface area (Å²) in [5, 5.41) is 3.08. The molecule has 1 unspecified atom stereocenters. The molecule has 0 fully saturated rings. The van der Waals surface area contributed by atoms with Gasteiger partial charge in [0.1, 0.15) is 0 Å². The minimum Gasteiger partial charge on any atom is -0.368 e. The third-order valence-electron chi connectivity index (χ3n) is 5.30. The Kier molecular flexibility index (Phi) is 5.12. The van der Waals surface area contributed by atoms with Gasteiger partial charge in [-0.2, -0.15) is 0 Å². The number of carbonyl (C=O) groups excluding carboxylic acids is 1. The standard InChI is InChI=1S/C22H28N2O/c1-15-12-17(3)20(13-16(15)2)22(25)23-10-7-11-24-18(4)14-19-8-5-6-9-21(19)24/h5-6,8-9,12-13,18H,7,10-11,14H2,1-4H3,(H,23,25). The zero-order chi connectivity index (χ0) is 18.0. The van der Waals surface area contributed by atoms with E-state index in [9.17, 15) is 4.79 Å². The van der Waals surface area contributed by atoms with Gasteiger partial charge in [-0.3, -0.25) is 4.79 Å². The zero-order valence-corrected chi connectivity index (χ0v) is 15.7. The second-order valence-corrected chi connectivity index (χ2v) is 7.24. The Morgan fingerprint density at radius 2 is 1.84 bits per heavy atom. The summed E-state index contributed by atoms with van der Waals surface area (Å²) in [5.41, 5.74) is 7.02. The number of benzene rings is 2. The summed E-state index contributed by atoms with van der Waals surface area (Å²) in [6, 6.07) is 13.3. The zero-order valence-electron chi connectivity index (χ0n) is 15.7. The first kappa shape index (κ1) is 17.5. The van der Waals surface area contributed by atoms with Gasteiger partial charge in [-0.05, 0) is 74.9 Å². The highest BCUT2D eigenvalue weighted by atomic mass is 16.1. The van der Waals surface area contributed by atoms with Gasteiger partial charge in [-0.25, -0.2) is 0 Å². The van der Waals surface area contributed by atoms with Crippen molar-refractivity contribution in [2.75, 3.05) is 18.0 Å².